The molecule has 26 heavy (non-hydrogen) atoms. The van der Waals surface area contributed by atoms with E-state index in [9.17, 15) is 8.78 Å². The molecule has 3 aromatic rings. The third kappa shape index (κ3) is 3.00. The van der Waals surface area contributed by atoms with Crippen LogP contribution < -0.4 is 10.1 Å². The van der Waals surface area contributed by atoms with Crippen LogP contribution in [-0.4, -0.2) is 21.4 Å². The molecule has 0 bridgehead atoms. The topological polar surface area (TPSA) is 52.0 Å². The predicted molar refractivity (Wildman–Crippen MR) is 93.4 cm³/mol. The molecule has 0 saturated heterocycles. The summed E-state index contributed by atoms with van der Waals surface area (Å²) in [5.41, 5.74) is 2.97. The van der Waals surface area contributed by atoms with Gasteiger partial charge >= 0.3 is 6.61 Å². The fourth-order valence-corrected chi connectivity index (χ4v) is 3.52. The number of nitrogens with zero attached hydrogens (tertiary/aromatic N) is 3. The second-order valence-electron chi connectivity index (χ2n) is 6.25. The van der Waals surface area contributed by atoms with E-state index >= 15 is 0 Å². The molecule has 134 valence electrons. The number of aryl methyl sites for hydroxylation is 1. The molecule has 2 aromatic carbocycles. The van der Waals surface area contributed by atoms with Crippen LogP contribution in [0.5, 0.6) is 5.75 Å². The number of nitrogens with one attached hydrogen (secondary N) is 1. The highest BCUT2D eigenvalue weighted by atomic mass is 19.3. The first-order valence-electron chi connectivity index (χ1n) is 8.39. The zero-order valence-corrected chi connectivity index (χ0v) is 14.1. The molecule has 5 nitrogen and oxygen atoms in total. The molecule has 1 aliphatic heterocycles. The van der Waals surface area contributed by atoms with Crippen LogP contribution in [0.1, 0.15) is 35.2 Å². The van der Waals surface area contributed by atoms with Crippen molar-refractivity contribution in [3.8, 4) is 5.75 Å². The summed E-state index contributed by atoms with van der Waals surface area (Å²) >= 11 is 0. The van der Waals surface area contributed by atoms with E-state index in [0.717, 1.165) is 11.1 Å². The lowest BCUT2D eigenvalue weighted by Crippen LogP contribution is -2.28. The van der Waals surface area contributed by atoms with E-state index in [0.29, 0.717) is 17.9 Å². The van der Waals surface area contributed by atoms with Gasteiger partial charge in [0.1, 0.15) is 12.1 Å². The first-order valence-corrected chi connectivity index (χ1v) is 8.39. The molecule has 0 saturated carbocycles. The SMILES string of the molecule is Cc1ccccc1[C@@H]1C[C@H](c2ccccc2OC(F)F)Nc2ncnn21. The third-order valence-corrected chi connectivity index (χ3v) is 4.69. The number of alkyl halides is 2. The van der Waals surface area contributed by atoms with Crippen molar-refractivity contribution in [2.75, 3.05) is 5.32 Å². The number of fused-ring (bicyclic) bond motifs is 1. The Balaban J connectivity index is 1.74. The molecule has 0 aliphatic carbocycles. The molecule has 4 rings (SSSR count). The van der Waals surface area contributed by atoms with Gasteiger partial charge in [-0.15, -0.1) is 0 Å². The summed E-state index contributed by atoms with van der Waals surface area (Å²) in [4.78, 5) is 4.28. The van der Waals surface area contributed by atoms with Gasteiger partial charge in [0, 0.05) is 5.56 Å². The summed E-state index contributed by atoms with van der Waals surface area (Å²) in [7, 11) is 0. The lowest BCUT2D eigenvalue weighted by atomic mass is 9.91. The number of anilines is 1. The van der Waals surface area contributed by atoms with Crippen molar-refractivity contribution in [3.05, 3.63) is 71.5 Å². The van der Waals surface area contributed by atoms with Gasteiger partial charge in [0.05, 0.1) is 12.1 Å². The van der Waals surface area contributed by atoms with E-state index in [1.807, 2.05) is 22.9 Å². The Bertz CT molecular complexity index is 912. The van der Waals surface area contributed by atoms with E-state index in [-0.39, 0.29) is 17.8 Å². The molecule has 0 unspecified atom stereocenters. The van der Waals surface area contributed by atoms with E-state index in [2.05, 4.69) is 34.5 Å². The van der Waals surface area contributed by atoms with Crippen molar-refractivity contribution in [1.82, 2.24) is 14.8 Å². The minimum Gasteiger partial charge on any atom is -0.434 e. The lowest BCUT2D eigenvalue weighted by Gasteiger charge is -2.33. The van der Waals surface area contributed by atoms with Crippen molar-refractivity contribution in [1.29, 1.82) is 0 Å². The Morgan fingerprint density at radius 1 is 1.12 bits per heavy atom. The van der Waals surface area contributed by atoms with Gasteiger partial charge in [-0.1, -0.05) is 42.5 Å². The molecule has 2 atom stereocenters. The van der Waals surface area contributed by atoms with Crippen molar-refractivity contribution in [2.24, 2.45) is 0 Å². The van der Waals surface area contributed by atoms with Crippen LogP contribution in [0.2, 0.25) is 0 Å². The summed E-state index contributed by atoms with van der Waals surface area (Å²) in [5.74, 6) is 0.790. The maximum atomic E-state index is 12.8. The third-order valence-electron chi connectivity index (χ3n) is 4.69. The van der Waals surface area contributed by atoms with E-state index in [1.165, 1.54) is 6.33 Å². The normalized spacial score (nSPS) is 19.1. The molecular weight excluding hydrogens is 338 g/mol. The Morgan fingerprint density at radius 3 is 2.62 bits per heavy atom. The largest absolute Gasteiger partial charge is 0.434 e. The van der Waals surface area contributed by atoms with Crippen LogP contribution in [0.25, 0.3) is 0 Å². The molecular formula is C19H18F2N4O. The van der Waals surface area contributed by atoms with Crippen molar-refractivity contribution in [2.45, 2.75) is 32.0 Å². The Hall–Kier alpha value is -2.96. The molecule has 7 heteroatoms. The van der Waals surface area contributed by atoms with Gasteiger partial charge < -0.3 is 10.1 Å². The molecule has 1 aliphatic rings. The van der Waals surface area contributed by atoms with E-state index in [1.54, 1.807) is 18.2 Å². The molecule has 1 N–H and O–H groups in total. The zero-order valence-electron chi connectivity index (χ0n) is 14.1. The predicted octanol–water partition coefficient (Wildman–Crippen LogP) is 4.33. The minimum absolute atomic E-state index is 0.0421. The molecule has 0 spiro atoms. The standard InChI is InChI=1S/C19H18F2N4O/c1-12-6-2-3-7-13(12)16-10-15(24-19-22-11-23-25(16)19)14-8-4-5-9-17(14)26-18(20)21/h2-9,11,15-16,18H,10H2,1H3,(H,22,23,24)/t15-,16+/m1/s1. The van der Waals surface area contributed by atoms with Crippen molar-refractivity contribution in [3.63, 3.8) is 0 Å². The summed E-state index contributed by atoms with van der Waals surface area (Å²) in [5, 5.41) is 7.64. The van der Waals surface area contributed by atoms with Gasteiger partial charge in [-0.2, -0.15) is 18.9 Å². The van der Waals surface area contributed by atoms with Crippen LogP contribution >= 0.6 is 0 Å². The Kier molecular flexibility index (Phi) is 4.28. The summed E-state index contributed by atoms with van der Waals surface area (Å²) in [6.07, 6.45) is 2.14. The summed E-state index contributed by atoms with van der Waals surface area (Å²) in [6.45, 7) is -0.813. The minimum atomic E-state index is -2.87. The van der Waals surface area contributed by atoms with Gasteiger partial charge in [-0.05, 0) is 30.5 Å². The molecule has 0 fully saturated rings. The first kappa shape index (κ1) is 16.5. The van der Waals surface area contributed by atoms with Crippen LogP contribution in [0.15, 0.2) is 54.9 Å². The maximum absolute atomic E-state index is 12.8. The highest BCUT2D eigenvalue weighted by Crippen LogP contribution is 2.40. The van der Waals surface area contributed by atoms with Gasteiger partial charge in [-0.25, -0.2) is 4.68 Å². The average Bonchev–Trinajstić information content (AvgIpc) is 3.10. The lowest BCUT2D eigenvalue weighted by molar-refractivity contribution is -0.0506. The highest BCUT2D eigenvalue weighted by Gasteiger charge is 2.32. The number of hydrogen-bond donors (Lipinski definition) is 1. The van der Waals surface area contributed by atoms with Gasteiger partial charge in [0.25, 0.3) is 0 Å². The Labute approximate surface area is 149 Å². The molecule has 1 aromatic heterocycles. The number of aromatic nitrogens is 3. The zero-order chi connectivity index (χ0) is 18.1. The van der Waals surface area contributed by atoms with Crippen LogP contribution in [0, 0.1) is 6.92 Å². The summed E-state index contributed by atoms with van der Waals surface area (Å²) < 4.78 is 32.1. The van der Waals surface area contributed by atoms with Crippen LogP contribution in [0.3, 0.4) is 0 Å². The second-order valence-corrected chi connectivity index (χ2v) is 6.25. The van der Waals surface area contributed by atoms with Gasteiger partial charge in [0.2, 0.25) is 5.95 Å². The number of rotatable bonds is 4. The van der Waals surface area contributed by atoms with Crippen molar-refractivity contribution < 1.29 is 13.5 Å². The number of ether oxygens (including phenoxy) is 1. The molecule has 2 heterocycles. The molecule has 0 radical (unpaired) electrons. The molecule has 0 amide bonds. The fourth-order valence-electron chi connectivity index (χ4n) is 3.52. The average molecular weight is 356 g/mol. The smallest absolute Gasteiger partial charge is 0.387 e. The monoisotopic (exact) mass is 356 g/mol. The van der Waals surface area contributed by atoms with Crippen LogP contribution in [0.4, 0.5) is 14.7 Å². The van der Waals surface area contributed by atoms with Crippen LogP contribution in [-0.2, 0) is 0 Å². The van der Waals surface area contributed by atoms with E-state index < -0.39 is 6.61 Å². The number of halogens is 2. The fraction of sp³-hybridized carbons (Fsp3) is 0.263. The first-order chi connectivity index (χ1) is 12.6. The number of benzene rings is 2. The quantitative estimate of drug-likeness (QED) is 0.756. The Morgan fingerprint density at radius 2 is 1.85 bits per heavy atom. The second kappa shape index (κ2) is 6.74. The number of para-hydroxylation sites is 1. The highest BCUT2D eigenvalue weighted by molar-refractivity contribution is 5.44. The number of hydrogen-bond acceptors (Lipinski definition) is 4. The van der Waals surface area contributed by atoms with E-state index in [4.69, 9.17) is 4.74 Å². The van der Waals surface area contributed by atoms with Gasteiger partial charge in [-0.3, -0.25) is 0 Å². The van der Waals surface area contributed by atoms with Crippen molar-refractivity contribution >= 4 is 5.95 Å². The maximum Gasteiger partial charge on any atom is 0.387 e. The summed E-state index contributed by atoms with van der Waals surface area (Å²) in [6, 6.07) is 14.7. The van der Waals surface area contributed by atoms with Gasteiger partial charge in [0.15, 0.2) is 0 Å².